The van der Waals surface area contributed by atoms with E-state index in [1.165, 1.54) is 5.56 Å². The van der Waals surface area contributed by atoms with Crippen LogP contribution in [-0.4, -0.2) is 52.2 Å². The molecule has 1 amide bonds. The summed E-state index contributed by atoms with van der Waals surface area (Å²) in [6.07, 6.45) is 3.66. The zero-order valence-electron chi connectivity index (χ0n) is 15.3. The van der Waals surface area contributed by atoms with Crippen LogP contribution in [0.4, 0.5) is 0 Å². The van der Waals surface area contributed by atoms with Gasteiger partial charge in [-0.1, -0.05) is 35.5 Å². The normalized spacial score (nSPS) is 17.7. The van der Waals surface area contributed by atoms with Crippen molar-refractivity contribution in [3.8, 4) is 0 Å². The van der Waals surface area contributed by atoms with E-state index < -0.39 is 0 Å². The second kappa shape index (κ2) is 8.96. The zero-order valence-corrected chi connectivity index (χ0v) is 15.3. The molecule has 1 fully saturated rings. The van der Waals surface area contributed by atoms with Crippen molar-refractivity contribution in [1.82, 2.24) is 15.0 Å². The third-order valence-corrected chi connectivity index (χ3v) is 4.85. The van der Waals surface area contributed by atoms with E-state index in [0.29, 0.717) is 24.4 Å². The highest BCUT2D eigenvalue weighted by Gasteiger charge is 2.29. The molecular formula is C20H27N3O3. The topological polar surface area (TPSA) is 69.8 Å². The molecule has 140 valence electrons. The first-order valence-electron chi connectivity index (χ1n) is 9.27. The molecule has 1 aromatic heterocycles. The minimum absolute atomic E-state index is 0.0936. The van der Waals surface area contributed by atoms with Gasteiger partial charge in [0.15, 0.2) is 11.5 Å². The third-order valence-electron chi connectivity index (χ3n) is 4.85. The molecule has 0 radical (unpaired) electrons. The van der Waals surface area contributed by atoms with Gasteiger partial charge in [0.2, 0.25) is 0 Å². The van der Waals surface area contributed by atoms with Crippen LogP contribution in [0.25, 0.3) is 0 Å². The lowest BCUT2D eigenvalue weighted by molar-refractivity contribution is 0.0564. The summed E-state index contributed by atoms with van der Waals surface area (Å²) in [5.41, 5.74) is 1.59. The molecule has 1 saturated heterocycles. The molecule has 2 heterocycles. The van der Waals surface area contributed by atoms with Gasteiger partial charge in [0.1, 0.15) is 0 Å². The summed E-state index contributed by atoms with van der Waals surface area (Å²) < 4.78 is 5.39. The summed E-state index contributed by atoms with van der Waals surface area (Å²) in [5.74, 6) is 0.589. The summed E-state index contributed by atoms with van der Waals surface area (Å²) in [5, 5.41) is 13.2. The maximum atomic E-state index is 12.8. The summed E-state index contributed by atoms with van der Waals surface area (Å²) in [6.45, 7) is 2.22. The van der Waals surface area contributed by atoms with Crippen molar-refractivity contribution >= 4 is 5.91 Å². The van der Waals surface area contributed by atoms with Crippen LogP contribution in [0, 0.1) is 0 Å². The molecule has 1 aromatic carbocycles. The lowest BCUT2D eigenvalue weighted by Crippen LogP contribution is -2.44. The van der Waals surface area contributed by atoms with E-state index in [-0.39, 0.29) is 18.6 Å². The van der Waals surface area contributed by atoms with E-state index in [2.05, 4.69) is 22.2 Å². The Labute approximate surface area is 154 Å². The molecule has 0 unspecified atom stereocenters. The number of benzene rings is 1. The smallest absolute Gasteiger partial charge is 0.276 e. The molecule has 26 heavy (non-hydrogen) atoms. The second-order valence-electron chi connectivity index (χ2n) is 7.00. The van der Waals surface area contributed by atoms with Gasteiger partial charge in [-0.05, 0) is 38.3 Å². The van der Waals surface area contributed by atoms with E-state index in [1.807, 2.05) is 30.1 Å². The molecule has 0 spiro atoms. The van der Waals surface area contributed by atoms with Crippen molar-refractivity contribution in [3.63, 3.8) is 0 Å². The number of likely N-dealkylation sites (tertiary alicyclic amines) is 1. The van der Waals surface area contributed by atoms with Gasteiger partial charge in [-0.2, -0.15) is 0 Å². The molecule has 0 aliphatic carbocycles. The number of carbonyl (C=O) groups excluding carboxylic acids is 1. The Morgan fingerprint density at radius 3 is 2.88 bits per heavy atom. The molecule has 0 bridgehead atoms. The highest BCUT2D eigenvalue weighted by molar-refractivity contribution is 5.92. The number of amides is 1. The number of aromatic nitrogens is 1. The third kappa shape index (κ3) is 4.71. The van der Waals surface area contributed by atoms with Gasteiger partial charge in [0, 0.05) is 31.8 Å². The largest absolute Gasteiger partial charge is 0.396 e. The van der Waals surface area contributed by atoms with Crippen molar-refractivity contribution in [2.45, 2.75) is 44.8 Å². The SMILES string of the molecule is CN(Cc1ccccc1)Cc1cc(C(=O)N2CCCC[C@@H]2CCO)no1. The Morgan fingerprint density at radius 2 is 2.12 bits per heavy atom. The fraction of sp³-hybridized carbons (Fsp3) is 0.500. The van der Waals surface area contributed by atoms with Crippen LogP contribution in [0.2, 0.25) is 0 Å². The Kier molecular flexibility index (Phi) is 6.41. The van der Waals surface area contributed by atoms with Crippen molar-refractivity contribution in [1.29, 1.82) is 0 Å². The average Bonchev–Trinajstić information content (AvgIpc) is 3.11. The van der Waals surface area contributed by atoms with Gasteiger partial charge >= 0.3 is 0 Å². The van der Waals surface area contributed by atoms with E-state index in [1.54, 1.807) is 6.07 Å². The Hall–Kier alpha value is -2.18. The van der Waals surface area contributed by atoms with Crippen molar-refractivity contribution < 1.29 is 14.4 Å². The quantitative estimate of drug-likeness (QED) is 0.825. The van der Waals surface area contributed by atoms with E-state index in [4.69, 9.17) is 4.52 Å². The van der Waals surface area contributed by atoms with E-state index >= 15 is 0 Å². The first-order chi connectivity index (χ1) is 12.7. The van der Waals surface area contributed by atoms with Gasteiger partial charge in [-0.15, -0.1) is 0 Å². The lowest BCUT2D eigenvalue weighted by atomic mass is 9.99. The summed E-state index contributed by atoms with van der Waals surface area (Å²) in [6, 6.07) is 12.1. The highest BCUT2D eigenvalue weighted by atomic mass is 16.5. The fourth-order valence-corrected chi connectivity index (χ4v) is 3.57. The van der Waals surface area contributed by atoms with Crippen LogP contribution >= 0.6 is 0 Å². The number of aliphatic hydroxyl groups excluding tert-OH is 1. The van der Waals surface area contributed by atoms with Crippen molar-refractivity contribution in [2.24, 2.45) is 0 Å². The Bertz CT molecular complexity index is 699. The number of nitrogens with zero attached hydrogens (tertiary/aromatic N) is 3. The van der Waals surface area contributed by atoms with Gasteiger partial charge in [-0.3, -0.25) is 9.69 Å². The van der Waals surface area contributed by atoms with E-state index in [0.717, 1.165) is 32.4 Å². The van der Waals surface area contributed by atoms with Crippen LogP contribution < -0.4 is 0 Å². The maximum Gasteiger partial charge on any atom is 0.276 e. The van der Waals surface area contributed by atoms with Crippen LogP contribution in [0.1, 0.15) is 47.5 Å². The fourth-order valence-electron chi connectivity index (χ4n) is 3.57. The van der Waals surface area contributed by atoms with Gasteiger partial charge < -0.3 is 14.5 Å². The minimum atomic E-state index is -0.0936. The van der Waals surface area contributed by atoms with E-state index in [9.17, 15) is 9.90 Å². The second-order valence-corrected chi connectivity index (χ2v) is 7.00. The number of aliphatic hydroxyl groups is 1. The number of carbonyl (C=O) groups is 1. The maximum absolute atomic E-state index is 12.8. The predicted molar refractivity (Wildman–Crippen MR) is 98.5 cm³/mol. The summed E-state index contributed by atoms with van der Waals surface area (Å²) >= 11 is 0. The van der Waals surface area contributed by atoms with Crippen LogP contribution in [-0.2, 0) is 13.1 Å². The van der Waals surface area contributed by atoms with Crippen molar-refractivity contribution in [2.75, 3.05) is 20.2 Å². The molecular weight excluding hydrogens is 330 g/mol. The van der Waals surface area contributed by atoms with Gasteiger partial charge in [-0.25, -0.2) is 0 Å². The molecule has 6 heteroatoms. The number of hydrogen-bond donors (Lipinski definition) is 1. The number of hydrogen-bond acceptors (Lipinski definition) is 5. The minimum Gasteiger partial charge on any atom is -0.396 e. The Balaban J connectivity index is 1.60. The monoisotopic (exact) mass is 357 g/mol. The molecule has 6 nitrogen and oxygen atoms in total. The van der Waals surface area contributed by atoms with Gasteiger partial charge in [0.25, 0.3) is 5.91 Å². The molecule has 2 aromatic rings. The van der Waals surface area contributed by atoms with Crippen LogP contribution in [0.15, 0.2) is 40.9 Å². The summed E-state index contributed by atoms with van der Waals surface area (Å²) in [4.78, 5) is 16.8. The van der Waals surface area contributed by atoms with Crippen molar-refractivity contribution in [3.05, 3.63) is 53.4 Å². The molecule has 1 N–H and O–H groups in total. The van der Waals surface area contributed by atoms with Gasteiger partial charge in [0.05, 0.1) is 6.54 Å². The number of rotatable bonds is 7. The molecule has 1 atom stereocenters. The predicted octanol–water partition coefficient (Wildman–Crippen LogP) is 2.68. The van der Waals surface area contributed by atoms with Crippen LogP contribution in [0.5, 0.6) is 0 Å². The molecule has 3 rings (SSSR count). The molecule has 0 saturated carbocycles. The lowest BCUT2D eigenvalue weighted by Gasteiger charge is -2.35. The highest BCUT2D eigenvalue weighted by Crippen LogP contribution is 2.22. The molecule has 1 aliphatic heterocycles. The average molecular weight is 357 g/mol. The molecule has 1 aliphatic rings. The first kappa shape index (κ1) is 18.6. The Morgan fingerprint density at radius 1 is 1.31 bits per heavy atom. The standard InChI is InChI=1S/C20H27N3O3/c1-22(14-16-7-3-2-4-8-16)15-18-13-19(21-26-18)20(25)23-11-6-5-9-17(23)10-12-24/h2-4,7-8,13,17,24H,5-6,9-12,14-15H2,1H3/t17-/m1/s1. The first-order valence-corrected chi connectivity index (χ1v) is 9.27. The summed E-state index contributed by atoms with van der Waals surface area (Å²) in [7, 11) is 2.01. The van der Waals surface area contributed by atoms with Crippen LogP contribution in [0.3, 0.4) is 0 Å². The zero-order chi connectivity index (χ0) is 18.4. The number of piperidine rings is 1.